The van der Waals surface area contributed by atoms with E-state index in [1.165, 1.54) is 6.33 Å². The number of halogens is 1. The normalized spacial score (nSPS) is 11.0. The third-order valence-electron chi connectivity index (χ3n) is 2.35. The average Bonchev–Trinajstić information content (AvgIpc) is 2.76. The molecule has 0 unspecified atom stereocenters. The van der Waals surface area contributed by atoms with Gasteiger partial charge in [0.05, 0.1) is 6.61 Å². The van der Waals surface area contributed by atoms with Crippen LogP contribution in [0.4, 0.5) is 5.82 Å². The van der Waals surface area contributed by atoms with Crippen LogP contribution in [0.15, 0.2) is 6.33 Å². The van der Waals surface area contributed by atoms with Crippen LogP contribution in [0.1, 0.15) is 12.5 Å². The van der Waals surface area contributed by atoms with Crippen LogP contribution in [0.2, 0.25) is 5.15 Å². The Morgan fingerprint density at radius 1 is 1.53 bits per heavy atom. The minimum Gasteiger partial charge on any atom is -0.380 e. The highest BCUT2D eigenvalue weighted by Crippen LogP contribution is 2.21. The van der Waals surface area contributed by atoms with Crippen LogP contribution < -0.4 is 5.32 Å². The smallest absolute Gasteiger partial charge is 0.255 e. The number of hydrogen-bond acceptors (Lipinski definition) is 5. The van der Waals surface area contributed by atoms with Crippen molar-refractivity contribution in [1.29, 1.82) is 0 Å². The van der Waals surface area contributed by atoms with Gasteiger partial charge in [0.15, 0.2) is 0 Å². The van der Waals surface area contributed by atoms with E-state index in [0.29, 0.717) is 30.7 Å². The molecule has 92 valence electrons. The van der Waals surface area contributed by atoms with E-state index in [1.807, 2.05) is 13.8 Å². The standard InChI is InChI=1S/C10H14ClN5O/c1-3-17-5-4-12-9-7(2)8(11)15-10-13-6-14-16(9)10/h6,12H,3-5H2,1-2H3. The van der Waals surface area contributed by atoms with Gasteiger partial charge in [-0.15, -0.1) is 0 Å². The summed E-state index contributed by atoms with van der Waals surface area (Å²) in [6.07, 6.45) is 1.45. The van der Waals surface area contributed by atoms with E-state index in [9.17, 15) is 0 Å². The number of ether oxygens (including phenoxy) is 1. The third kappa shape index (κ3) is 2.48. The summed E-state index contributed by atoms with van der Waals surface area (Å²) in [5.41, 5.74) is 0.848. The van der Waals surface area contributed by atoms with Gasteiger partial charge < -0.3 is 10.1 Å². The van der Waals surface area contributed by atoms with Crippen LogP contribution in [-0.4, -0.2) is 39.3 Å². The van der Waals surface area contributed by atoms with Gasteiger partial charge >= 0.3 is 0 Å². The molecule has 0 saturated carbocycles. The number of hydrogen-bond donors (Lipinski definition) is 1. The lowest BCUT2D eigenvalue weighted by molar-refractivity contribution is 0.158. The second kappa shape index (κ2) is 5.29. The van der Waals surface area contributed by atoms with Crippen LogP contribution in [0.25, 0.3) is 5.78 Å². The number of aromatic nitrogens is 4. The maximum Gasteiger partial charge on any atom is 0.255 e. The average molecular weight is 256 g/mol. The molecule has 2 rings (SSSR count). The Morgan fingerprint density at radius 3 is 3.12 bits per heavy atom. The van der Waals surface area contributed by atoms with Gasteiger partial charge in [-0.3, -0.25) is 0 Å². The molecule has 7 heteroatoms. The van der Waals surface area contributed by atoms with Crippen LogP contribution in [0, 0.1) is 6.92 Å². The Kier molecular flexibility index (Phi) is 3.75. The number of fused-ring (bicyclic) bond motifs is 1. The zero-order valence-electron chi connectivity index (χ0n) is 9.77. The Bertz CT molecular complexity index is 513. The maximum atomic E-state index is 6.03. The van der Waals surface area contributed by atoms with Crippen molar-refractivity contribution < 1.29 is 4.74 Å². The molecule has 2 heterocycles. The van der Waals surface area contributed by atoms with E-state index in [0.717, 1.165) is 11.4 Å². The quantitative estimate of drug-likeness (QED) is 0.649. The number of anilines is 1. The predicted octanol–water partition coefficient (Wildman–Crippen LogP) is 1.53. The van der Waals surface area contributed by atoms with E-state index < -0.39 is 0 Å². The highest BCUT2D eigenvalue weighted by Gasteiger charge is 2.11. The summed E-state index contributed by atoms with van der Waals surface area (Å²) in [5, 5.41) is 7.76. The molecule has 2 aromatic heterocycles. The second-order valence-electron chi connectivity index (χ2n) is 3.47. The molecule has 0 saturated heterocycles. The topological polar surface area (TPSA) is 64.3 Å². The van der Waals surface area contributed by atoms with Gasteiger partial charge in [-0.2, -0.15) is 19.6 Å². The number of nitrogens with one attached hydrogen (secondary N) is 1. The predicted molar refractivity (Wildman–Crippen MR) is 65.5 cm³/mol. The fourth-order valence-corrected chi connectivity index (χ4v) is 1.66. The van der Waals surface area contributed by atoms with E-state index in [2.05, 4.69) is 20.4 Å². The Hall–Kier alpha value is -1.40. The van der Waals surface area contributed by atoms with Crippen LogP contribution in [-0.2, 0) is 4.74 Å². The molecule has 17 heavy (non-hydrogen) atoms. The molecule has 2 aromatic rings. The Labute approximate surface area is 104 Å². The van der Waals surface area contributed by atoms with E-state index in [1.54, 1.807) is 4.52 Å². The zero-order valence-corrected chi connectivity index (χ0v) is 10.5. The monoisotopic (exact) mass is 255 g/mol. The van der Waals surface area contributed by atoms with E-state index in [4.69, 9.17) is 16.3 Å². The molecule has 0 spiro atoms. The molecule has 0 amide bonds. The SMILES string of the molecule is CCOCCNc1c(C)c(Cl)nc2ncnn12. The van der Waals surface area contributed by atoms with Crippen molar-refractivity contribution in [3.8, 4) is 0 Å². The molecule has 0 aliphatic carbocycles. The van der Waals surface area contributed by atoms with Crippen molar-refractivity contribution in [1.82, 2.24) is 19.6 Å². The maximum absolute atomic E-state index is 6.03. The van der Waals surface area contributed by atoms with Crippen molar-refractivity contribution in [3.05, 3.63) is 17.0 Å². The molecule has 0 aromatic carbocycles. The van der Waals surface area contributed by atoms with Gasteiger partial charge in [0, 0.05) is 18.7 Å². The summed E-state index contributed by atoms with van der Waals surface area (Å²) in [7, 11) is 0. The summed E-state index contributed by atoms with van der Waals surface area (Å²) >= 11 is 6.03. The van der Waals surface area contributed by atoms with Crippen LogP contribution >= 0.6 is 11.6 Å². The van der Waals surface area contributed by atoms with Gasteiger partial charge in [-0.05, 0) is 13.8 Å². The molecule has 0 atom stereocenters. The molecule has 0 aliphatic heterocycles. The molecular weight excluding hydrogens is 242 g/mol. The first-order chi connectivity index (χ1) is 8.24. The summed E-state index contributed by atoms with van der Waals surface area (Å²) in [5.74, 6) is 1.29. The first kappa shape index (κ1) is 12.1. The van der Waals surface area contributed by atoms with Gasteiger partial charge in [0.1, 0.15) is 17.3 Å². The molecule has 1 N–H and O–H groups in total. The molecular formula is C10H14ClN5O. The van der Waals surface area contributed by atoms with E-state index in [-0.39, 0.29) is 0 Å². The minimum atomic E-state index is 0.435. The second-order valence-corrected chi connectivity index (χ2v) is 3.83. The van der Waals surface area contributed by atoms with Crippen molar-refractivity contribution >= 4 is 23.2 Å². The molecule has 6 nitrogen and oxygen atoms in total. The fourth-order valence-electron chi connectivity index (χ4n) is 1.49. The highest BCUT2D eigenvalue weighted by molar-refractivity contribution is 6.30. The third-order valence-corrected chi connectivity index (χ3v) is 2.72. The van der Waals surface area contributed by atoms with Gasteiger partial charge in [0.2, 0.25) is 0 Å². The van der Waals surface area contributed by atoms with E-state index >= 15 is 0 Å². The molecule has 0 bridgehead atoms. The first-order valence-electron chi connectivity index (χ1n) is 5.41. The summed E-state index contributed by atoms with van der Waals surface area (Å²) in [6.45, 7) is 5.87. The lowest BCUT2D eigenvalue weighted by Gasteiger charge is -2.11. The van der Waals surface area contributed by atoms with Crippen LogP contribution in [0.3, 0.4) is 0 Å². The van der Waals surface area contributed by atoms with Gasteiger partial charge in [0.25, 0.3) is 5.78 Å². The lowest BCUT2D eigenvalue weighted by atomic mass is 10.3. The van der Waals surface area contributed by atoms with Crippen molar-refractivity contribution in [2.75, 3.05) is 25.1 Å². The molecule has 0 fully saturated rings. The number of nitrogens with zero attached hydrogens (tertiary/aromatic N) is 4. The van der Waals surface area contributed by atoms with Gasteiger partial charge in [-0.1, -0.05) is 11.6 Å². The summed E-state index contributed by atoms with van der Waals surface area (Å²) in [4.78, 5) is 8.13. The zero-order chi connectivity index (χ0) is 12.3. The first-order valence-corrected chi connectivity index (χ1v) is 5.79. The van der Waals surface area contributed by atoms with Crippen LogP contribution in [0.5, 0.6) is 0 Å². The van der Waals surface area contributed by atoms with Crippen molar-refractivity contribution in [2.24, 2.45) is 0 Å². The lowest BCUT2D eigenvalue weighted by Crippen LogP contribution is -2.14. The fraction of sp³-hybridized carbons (Fsp3) is 0.500. The highest BCUT2D eigenvalue weighted by atomic mass is 35.5. The summed E-state index contributed by atoms with van der Waals surface area (Å²) in [6, 6.07) is 0. The molecule has 0 aliphatic rings. The van der Waals surface area contributed by atoms with Gasteiger partial charge in [-0.25, -0.2) is 0 Å². The summed E-state index contributed by atoms with van der Waals surface area (Å²) < 4.78 is 6.89. The van der Waals surface area contributed by atoms with Crippen molar-refractivity contribution in [2.45, 2.75) is 13.8 Å². The number of rotatable bonds is 5. The van der Waals surface area contributed by atoms with Crippen molar-refractivity contribution in [3.63, 3.8) is 0 Å². The Morgan fingerprint density at radius 2 is 2.35 bits per heavy atom. The Balaban J connectivity index is 2.24. The largest absolute Gasteiger partial charge is 0.380 e. The minimum absolute atomic E-state index is 0.435. The molecule has 0 radical (unpaired) electrons.